The van der Waals surface area contributed by atoms with Gasteiger partial charge in [-0.25, -0.2) is 14.4 Å². The van der Waals surface area contributed by atoms with E-state index in [2.05, 4.69) is 9.97 Å². The van der Waals surface area contributed by atoms with Gasteiger partial charge < -0.3 is 4.74 Å². The lowest BCUT2D eigenvalue weighted by Crippen LogP contribution is -1.93. The second kappa shape index (κ2) is 4.40. The van der Waals surface area contributed by atoms with Gasteiger partial charge in [0, 0.05) is 0 Å². The Morgan fingerprint density at radius 2 is 2.00 bits per heavy atom. The van der Waals surface area contributed by atoms with Gasteiger partial charge in [0.2, 0.25) is 11.8 Å². The number of rotatable bonds is 2. The van der Waals surface area contributed by atoms with Gasteiger partial charge in [-0.05, 0) is 12.1 Å². The monoisotopic (exact) mass is 242 g/mol. The van der Waals surface area contributed by atoms with E-state index in [0.717, 1.165) is 12.4 Å². The Hall–Kier alpha value is -1.75. The minimum Gasteiger partial charge on any atom is -0.436 e. The number of ether oxygens (including phenoxy) is 1. The maximum atomic E-state index is 13.4. The highest BCUT2D eigenvalue weighted by molar-refractivity contribution is 6.30. The molecule has 0 bridgehead atoms. The van der Waals surface area contributed by atoms with E-state index < -0.39 is 11.8 Å². The molecule has 0 aliphatic carbocycles. The van der Waals surface area contributed by atoms with Crippen molar-refractivity contribution in [1.82, 2.24) is 9.97 Å². The topological polar surface area (TPSA) is 35.0 Å². The Balaban J connectivity index is 2.31. The molecular weight excluding hydrogens is 238 g/mol. The molecule has 0 amide bonds. The van der Waals surface area contributed by atoms with E-state index in [-0.39, 0.29) is 16.7 Å². The van der Waals surface area contributed by atoms with Crippen molar-refractivity contribution in [3.8, 4) is 11.6 Å². The number of nitrogens with zero attached hydrogens (tertiary/aromatic N) is 2. The van der Waals surface area contributed by atoms with Gasteiger partial charge in [-0.1, -0.05) is 17.7 Å². The van der Waals surface area contributed by atoms with Crippen LogP contribution in [0.4, 0.5) is 8.78 Å². The predicted molar refractivity (Wildman–Crippen MR) is 53.5 cm³/mol. The summed E-state index contributed by atoms with van der Waals surface area (Å²) in [6.45, 7) is 0. The summed E-state index contributed by atoms with van der Waals surface area (Å²) in [5.41, 5.74) is 0. The first-order valence-electron chi connectivity index (χ1n) is 4.26. The van der Waals surface area contributed by atoms with Gasteiger partial charge in [0.05, 0.1) is 11.1 Å². The van der Waals surface area contributed by atoms with Gasteiger partial charge in [0.1, 0.15) is 6.33 Å². The predicted octanol–water partition coefficient (Wildman–Crippen LogP) is 3.20. The van der Waals surface area contributed by atoms with E-state index in [1.54, 1.807) is 0 Å². The molecule has 0 radical (unpaired) electrons. The molecule has 3 nitrogen and oxygen atoms in total. The van der Waals surface area contributed by atoms with Crippen LogP contribution in [0.5, 0.6) is 11.6 Å². The van der Waals surface area contributed by atoms with E-state index in [9.17, 15) is 8.78 Å². The molecule has 2 aromatic rings. The first-order valence-corrected chi connectivity index (χ1v) is 4.64. The molecule has 1 aromatic carbocycles. The van der Waals surface area contributed by atoms with Gasteiger partial charge >= 0.3 is 0 Å². The van der Waals surface area contributed by atoms with E-state index in [1.807, 2.05) is 0 Å². The fourth-order valence-electron chi connectivity index (χ4n) is 1.05. The summed E-state index contributed by atoms with van der Waals surface area (Å²) in [5, 5.41) is -0.0768. The molecule has 16 heavy (non-hydrogen) atoms. The van der Waals surface area contributed by atoms with Crippen LogP contribution in [0.3, 0.4) is 0 Å². The summed E-state index contributed by atoms with van der Waals surface area (Å²) < 4.78 is 31.1. The first-order chi connectivity index (χ1) is 7.66. The second-order valence-electron chi connectivity index (χ2n) is 2.83. The van der Waals surface area contributed by atoms with Crippen molar-refractivity contribution in [2.45, 2.75) is 0 Å². The summed E-state index contributed by atoms with van der Waals surface area (Å²) in [4.78, 5) is 6.87. The summed E-state index contributed by atoms with van der Waals surface area (Å²) in [7, 11) is 0. The average molecular weight is 243 g/mol. The van der Waals surface area contributed by atoms with E-state index in [1.165, 1.54) is 18.2 Å². The maximum absolute atomic E-state index is 13.4. The van der Waals surface area contributed by atoms with Crippen LogP contribution in [0.1, 0.15) is 0 Å². The minimum atomic E-state index is -0.757. The zero-order valence-corrected chi connectivity index (χ0v) is 8.58. The van der Waals surface area contributed by atoms with Gasteiger partial charge in [0.15, 0.2) is 11.6 Å². The van der Waals surface area contributed by atoms with Crippen LogP contribution in [0.25, 0.3) is 0 Å². The molecule has 1 aromatic heterocycles. The number of halogens is 3. The van der Waals surface area contributed by atoms with Crippen LogP contribution in [-0.4, -0.2) is 9.97 Å². The molecule has 0 fully saturated rings. The average Bonchev–Trinajstić information content (AvgIpc) is 2.25. The van der Waals surface area contributed by atoms with Crippen LogP contribution in [0.15, 0.2) is 30.6 Å². The van der Waals surface area contributed by atoms with Gasteiger partial charge in [-0.15, -0.1) is 0 Å². The van der Waals surface area contributed by atoms with E-state index in [4.69, 9.17) is 16.3 Å². The molecule has 0 aliphatic rings. The lowest BCUT2D eigenvalue weighted by atomic mass is 10.3. The molecule has 0 N–H and O–H groups in total. The van der Waals surface area contributed by atoms with Crippen LogP contribution in [0, 0.1) is 11.8 Å². The normalized spacial score (nSPS) is 10.2. The van der Waals surface area contributed by atoms with Gasteiger partial charge in [-0.3, -0.25) is 0 Å². The number of hydrogen-bond acceptors (Lipinski definition) is 3. The van der Waals surface area contributed by atoms with Gasteiger partial charge in [-0.2, -0.15) is 4.39 Å². The third-order valence-corrected chi connectivity index (χ3v) is 2.03. The summed E-state index contributed by atoms with van der Waals surface area (Å²) in [6.07, 6.45) is 0.979. The Kier molecular flexibility index (Phi) is 2.96. The molecule has 82 valence electrons. The van der Waals surface area contributed by atoms with Crippen molar-refractivity contribution < 1.29 is 13.5 Å². The zero-order chi connectivity index (χ0) is 11.5. The summed E-state index contributed by atoms with van der Waals surface area (Å²) >= 11 is 5.55. The van der Waals surface area contributed by atoms with Crippen molar-refractivity contribution in [3.63, 3.8) is 0 Å². The van der Waals surface area contributed by atoms with Crippen molar-refractivity contribution in [2.75, 3.05) is 0 Å². The van der Waals surface area contributed by atoms with Crippen molar-refractivity contribution in [1.29, 1.82) is 0 Å². The van der Waals surface area contributed by atoms with Crippen LogP contribution >= 0.6 is 11.6 Å². The molecule has 0 aliphatic heterocycles. The minimum absolute atomic E-state index is 0.0768. The Labute approximate surface area is 94.7 Å². The molecule has 0 unspecified atom stereocenters. The lowest BCUT2D eigenvalue weighted by Gasteiger charge is -2.05. The highest BCUT2D eigenvalue weighted by atomic mass is 35.5. The Morgan fingerprint density at radius 1 is 1.19 bits per heavy atom. The third-order valence-electron chi connectivity index (χ3n) is 1.74. The Bertz CT molecular complexity index is 522. The first kappa shape index (κ1) is 10.8. The third kappa shape index (κ3) is 2.25. The molecule has 1 heterocycles. The quantitative estimate of drug-likeness (QED) is 0.759. The molecular formula is C10H5ClF2N2O. The maximum Gasteiger partial charge on any atom is 0.225 e. The SMILES string of the molecule is Fc1cc(Oc2cccc(Cl)c2F)ncn1. The number of aromatic nitrogens is 2. The highest BCUT2D eigenvalue weighted by Crippen LogP contribution is 2.27. The molecule has 0 saturated carbocycles. The van der Waals surface area contributed by atoms with Crippen LogP contribution in [0.2, 0.25) is 5.02 Å². The molecule has 6 heteroatoms. The molecule has 0 saturated heterocycles. The lowest BCUT2D eigenvalue weighted by molar-refractivity contribution is 0.420. The summed E-state index contributed by atoms with van der Waals surface area (Å²) in [5.74, 6) is -1.69. The smallest absolute Gasteiger partial charge is 0.225 e. The standard InChI is InChI=1S/C10H5ClF2N2O/c11-6-2-1-3-7(10(6)13)16-9-4-8(12)14-5-15-9/h1-5H. The van der Waals surface area contributed by atoms with Crippen molar-refractivity contribution in [3.05, 3.63) is 47.4 Å². The van der Waals surface area contributed by atoms with Crippen LogP contribution < -0.4 is 4.74 Å². The largest absolute Gasteiger partial charge is 0.436 e. The highest BCUT2D eigenvalue weighted by Gasteiger charge is 2.09. The van der Waals surface area contributed by atoms with Crippen molar-refractivity contribution in [2.24, 2.45) is 0 Å². The molecule has 2 rings (SSSR count). The summed E-state index contributed by atoms with van der Waals surface area (Å²) in [6, 6.07) is 5.20. The molecule has 0 atom stereocenters. The number of benzene rings is 1. The zero-order valence-electron chi connectivity index (χ0n) is 7.82. The van der Waals surface area contributed by atoms with Crippen LogP contribution in [-0.2, 0) is 0 Å². The van der Waals surface area contributed by atoms with Crippen molar-refractivity contribution >= 4 is 11.6 Å². The molecule has 0 spiro atoms. The second-order valence-corrected chi connectivity index (χ2v) is 3.24. The van der Waals surface area contributed by atoms with Gasteiger partial charge in [0.25, 0.3) is 0 Å². The van der Waals surface area contributed by atoms with E-state index >= 15 is 0 Å². The fraction of sp³-hybridized carbons (Fsp3) is 0. The Morgan fingerprint density at radius 3 is 2.75 bits per heavy atom. The number of hydrogen-bond donors (Lipinski definition) is 0. The van der Waals surface area contributed by atoms with E-state index in [0.29, 0.717) is 0 Å². The fourth-order valence-corrected chi connectivity index (χ4v) is 1.21.